The van der Waals surface area contributed by atoms with Crippen molar-refractivity contribution >= 4 is 17.6 Å². The lowest BCUT2D eigenvalue weighted by Gasteiger charge is -2.22. The zero-order valence-corrected chi connectivity index (χ0v) is 17.0. The molecule has 0 unspecified atom stereocenters. The van der Waals surface area contributed by atoms with Crippen molar-refractivity contribution in [2.75, 3.05) is 11.9 Å². The summed E-state index contributed by atoms with van der Waals surface area (Å²) in [5.41, 5.74) is 1.69. The van der Waals surface area contributed by atoms with Gasteiger partial charge in [0.1, 0.15) is 18.5 Å². The van der Waals surface area contributed by atoms with Crippen LogP contribution in [-0.4, -0.2) is 50.8 Å². The number of anilines is 1. The molecule has 4 rings (SSSR count). The number of aromatic nitrogens is 4. The van der Waals surface area contributed by atoms with Crippen LogP contribution in [0.1, 0.15) is 28.7 Å². The highest BCUT2D eigenvalue weighted by Crippen LogP contribution is 2.29. The van der Waals surface area contributed by atoms with Gasteiger partial charge in [-0.15, -0.1) is 11.5 Å². The molecule has 0 saturated heterocycles. The van der Waals surface area contributed by atoms with Crippen molar-refractivity contribution in [3.05, 3.63) is 65.9 Å². The smallest absolute Gasteiger partial charge is 0.291 e. The van der Waals surface area contributed by atoms with Crippen LogP contribution in [0.15, 0.2) is 48.9 Å². The van der Waals surface area contributed by atoms with E-state index in [9.17, 15) is 9.59 Å². The minimum absolute atomic E-state index is 0.0457. The topological polar surface area (TPSA) is 102 Å². The Kier molecular flexibility index (Phi) is 5.37. The summed E-state index contributed by atoms with van der Waals surface area (Å²) in [5, 5.41) is 6.91. The molecule has 31 heavy (non-hydrogen) atoms. The first-order valence-corrected chi connectivity index (χ1v) is 9.61. The number of hydrogen-bond donors (Lipinski definition) is 1. The van der Waals surface area contributed by atoms with Gasteiger partial charge in [0.15, 0.2) is 11.6 Å². The van der Waals surface area contributed by atoms with E-state index in [-0.39, 0.29) is 11.7 Å². The average Bonchev–Trinajstić information content (AvgIpc) is 3.22. The molecule has 1 aliphatic heterocycles. The highest BCUT2D eigenvalue weighted by Gasteiger charge is 2.37. The molecule has 0 saturated carbocycles. The molecule has 2 atom stereocenters. The number of nitrogens with one attached hydrogen (secondary N) is 1. The van der Waals surface area contributed by atoms with Gasteiger partial charge in [0.05, 0.1) is 6.54 Å². The number of amides is 2. The van der Waals surface area contributed by atoms with Gasteiger partial charge in [-0.25, -0.2) is 14.6 Å². The standard InChI is InChI=1S/C22H20N6O3/c1-4-15-7-5-8-16(11-15)12-28-13-24-19(26-28)21(29)25-18-14(2)31-17-9-6-10-23-20(17)27(3)22(18)30/h1,5-11,13-14,18H,12H2,2-3H3,(H,25,29)/t14-,18+/m1/s1. The van der Waals surface area contributed by atoms with Crippen LogP contribution < -0.4 is 15.0 Å². The van der Waals surface area contributed by atoms with Gasteiger partial charge in [-0.1, -0.05) is 18.1 Å². The fourth-order valence-corrected chi connectivity index (χ4v) is 3.31. The molecule has 3 aromatic rings. The van der Waals surface area contributed by atoms with Gasteiger partial charge in [0.25, 0.3) is 11.8 Å². The molecule has 0 radical (unpaired) electrons. The van der Waals surface area contributed by atoms with Crippen molar-refractivity contribution in [1.29, 1.82) is 0 Å². The van der Waals surface area contributed by atoms with E-state index in [0.717, 1.165) is 11.1 Å². The van der Waals surface area contributed by atoms with Gasteiger partial charge in [-0.2, -0.15) is 0 Å². The molecule has 0 fully saturated rings. The number of hydrogen-bond acceptors (Lipinski definition) is 6. The van der Waals surface area contributed by atoms with Crippen LogP contribution in [0.5, 0.6) is 5.75 Å². The summed E-state index contributed by atoms with van der Waals surface area (Å²) in [4.78, 5) is 35.3. The number of rotatable bonds is 4. The third-order valence-corrected chi connectivity index (χ3v) is 4.91. The second-order valence-electron chi connectivity index (χ2n) is 7.11. The van der Waals surface area contributed by atoms with Crippen LogP contribution in [-0.2, 0) is 11.3 Å². The molecule has 0 spiro atoms. The van der Waals surface area contributed by atoms with E-state index in [1.54, 1.807) is 32.3 Å². The maximum Gasteiger partial charge on any atom is 0.291 e. The number of ether oxygens (including phenoxy) is 1. The molecule has 0 bridgehead atoms. The number of likely N-dealkylation sites (N-methyl/N-ethyl adjacent to an activating group) is 1. The summed E-state index contributed by atoms with van der Waals surface area (Å²) in [6.45, 7) is 2.12. The summed E-state index contributed by atoms with van der Waals surface area (Å²) in [6.07, 6.45) is 7.85. The summed E-state index contributed by atoms with van der Waals surface area (Å²) in [6, 6.07) is 9.99. The molecular weight excluding hydrogens is 396 g/mol. The van der Waals surface area contributed by atoms with Gasteiger partial charge in [-0.3, -0.25) is 14.5 Å². The van der Waals surface area contributed by atoms with Gasteiger partial charge >= 0.3 is 0 Å². The SMILES string of the molecule is C#Cc1cccc(Cn2cnc(C(=O)N[C@@H]3C(=O)N(C)c4ncccc4O[C@@H]3C)n2)c1. The molecule has 1 N–H and O–H groups in total. The van der Waals surface area contributed by atoms with Crippen LogP contribution in [0, 0.1) is 12.3 Å². The molecule has 1 aliphatic rings. The summed E-state index contributed by atoms with van der Waals surface area (Å²) in [7, 11) is 1.59. The largest absolute Gasteiger partial charge is 0.484 e. The predicted molar refractivity (Wildman–Crippen MR) is 112 cm³/mol. The summed E-state index contributed by atoms with van der Waals surface area (Å²) >= 11 is 0. The van der Waals surface area contributed by atoms with Crippen LogP contribution in [0.2, 0.25) is 0 Å². The second-order valence-corrected chi connectivity index (χ2v) is 7.11. The van der Waals surface area contributed by atoms with Crippen molar-refractivity contribution in [2.45, 2.75) is 25.6 Å². The Hall–Kier alpha value is -4.19. The Morgan fingerprint density at radius 1 is 1.29 bits per heavy atom. The molecule has 1 aromatic carbocycles. The molecular formula is C22H20N6O3. The molecule has 0 aliphatic carbocycles. The van der Waals surface area contributed by atoms with Crippen LogP contribution >= 0.6 is 0 Å². The highest BCUT2D eigenvalue weighted by atomic mass is 16.5. The number of pyridine rings is 1. The van der Waals surface area contributed by atoms with Crippen molar-refractivity contribution in [3.63, 3.8) is 0 Å². The lowest BCUT2D eigenvalue weighted by Crippen LogP contribution is -2.53. The van der Waals surface area contributed by atoms with E-state index >= 15 is 0 Å². The molecule has 2 aromatic heterocycles. The zero-order valence-electron chi connectivity index (χ0n) is 17.0. The first kappa shape index (κ1) is 20.1. The van der Waals surface area contributed by atoms with Gasteiger partial charge in [0, 0.05) is 18.8 Å². The average molecular weight is 416 g/mol. The fourth-order valence-electron chi connectivity index (χ4n) is 3.31. The lowest BCUT2D eigenvalue weighted by atomic mass is 10.1. The van der Waals surface area contributed by atoms with Crippen molar-refractivity contribution in [2.24, 2.45) is 0 Å². The third kappa shape index (κ3) is 4.09. The minimum Gasteiger partial charge on any atom is -0.484 e. The van der Waals surface area contributed by atoms with Crippen molar-refractivity contribution in [1.82, 2.24) is 25.1 Å². The van der Waals surface area contributed by atoms with Gasteiger partial charge in [0.2, 0.25) is 5.82 Å². The summed E-state index contributed by atoms with van der Waals surface area (Å²) in [5.74, 6) is 2.49. The quantitative estimate of drug-likeness (QED) is 0.642. The summed E-state index contributed by atoms with van der Waals surface area (Å²) < 4.78 is 7.38. The van der Waals surface area contributed by atoms with E-state index in [0.29, 0.717) is 18.1 Å². The Bertz CT molecular complexity index is 1180. The normalized spacial score (nSPS) is 17.8. The van der Waals surface area contributed by atoms with E-state index < -0.39 is 18.1 Å². The Balaban J connectivity index is 1.48. The van der Waals surface area contributed by atoms with Crippen LogP contribution in [0.3, 0.4) is 0 Å². The molecule has 3 heterocycles. The predicted octanol–water partition coefficient (Wildman–Crippen LogP) is 1.24. The molecule has 9 heteroatoms. The third-order valence-electron chi connectivity index (χ3n) is 4.91. The maximum absolute atomic E-state index is 12.9. The van der Waals surface area contributed by atoms with E-state index in [4.69, 9.17) is 11.2 Å². The first-order valence-electron chi connectivity index (χ1n) is 9.61. The highest BCUT2D eigenvalue weighted by molar-refractivity contribution is 6.02. The van der Waals surface area contributed by atoms with Gasteiger partial charge in [-0.05, 0) is 36.8 Å². The second kappa shape index (κ2) is 8.28. The first-order chi connectivity index (χ1) is 15.0. The van der Waals surface area contributed by atoms with Crippen LogP contribution in [0.4, 0.5) is 5.82 Å². The molecule has 156 valence electrons. The fraction of sp³-hybridized carbons (Fsp3) is 0.227. The number of nitrogens with zero attached hydrogens (tertiary/aromatic N) is 5. The van der Waals surface area contributed by atoms with Crippen molar-refractivity contribution < 1.29 is 14.3 Å². The number of benzene rings is 1. The van der Waals surface area contributed by atoms with Crippen LogP contribution in [0.25, 0.3) is 0 Å². The number of terminal acetylenes is 1. The lowest BCUT2D eigenvalue weighted by molar-refractivity contribution is -0.121. The number of carbonyl (C=O) groups is 2. The maximum atomic E-state index is 12.9. The Labute approximate surface area is 179 Å². The number of fused-ring (bicyclic) bond motifs is 1. The van der Waals surface area contributed by atoms with E-state index in [1.807, 2.05) is 24.3 Å². The molecule has 9 nitrogen and oxygen atoms in total. The molecule has 2 amide bonds. The van der Waals surface area contributed by atoms with E-state index in [2.05, 4.69) is 26.3 Å². The Morgan fingerprint density at radius 3 is 2.94 bits per heavy atom. The van der Waals surface area contributed by atoms with E-state index in [1.165, 1.54) is 15.9 Å². The number of carbonyl (C=O) groups excluding carboxylic acids is 2. The monoisotopic (exact) mass is 416 g/mol. The van der Waals surface area contributed by atoms with Gasteiger partial charge < -0.3 is 10.1 Å². The zero-order chi connectivity index (χ0) is 22.0. The Morgan fingerprint density at radius 2 is 2.13 bits per heavy atom. The van der Waals surface area contributed by atoms with Crippen molar-refractivity contribution in [3.8, 4) is 18.1 Å². The minimum atomic E-state index is -0.925.